The maximum Gasteiger partial charge on any atom is 0.250 e. The maximum atomic E-state index is 12.5. The zero-order valence-corrected chi connectivity index (χ0v) is 21.6. The molecule has 0 aliphatic rings. The Bertz CT molecular complexity index is 1560. The Morgan fingerprint density at radius 2 is 1.71 bits per heavy atom. The Morgan fingerprint density at radius 1 is 0.947 bits per heavy atom. The summed E-state index contributed by atoms with van der Waals surface area (Å²) in [6.45, 7) is 0.464. The number of ether oxygens (including phenoxy) is 1. The van der Waals surface area contributed by atoms with Crippen molar-refractivity contribution in [3.63, 3.8) is 0 Å². The van der Waals surface area contributed by atoms with Crippen LogP contribution < -0.4 is 15.5 Å². The summed E-state index contributed by atoms with van der Waals surface area (Å²) in [6.07, 6.45) is 1.56. The molecular weight excluding hydrogens is 496 g/mol. The molecule has 5 rings (SSSR count). The summed E-state index contributed by atoms with van der Waals surface area (Å²) in [6, 6.07) is 31.7. The lowest BCUT2D eigenvalue weighted by molar-refractivity contribution is -0.118. The van der Waals surface area contributed by atoms with Gasteiger partial charge in [-0.15, -0.1) is 10.2 Å². The number of para-hydroxylation sites is 2. The maximum absolute atomic E-state index is 12.5. The molecule has 0 aliphatic carbocycles. The molecule has 0 radical (unpaired) electrons. The second kappa shape index (κ2) is 12.1. The lowest BCUT2D eigenvalue weighted by Crippen LogP contribution is -2.20. The molecule has 5 aromatic rings. The van der Waals surface area contributed by atoms with E-state index in [0.717, 1.165) is 33.5 Å². The fourth-order valence-electron chi connectivity index (χ4n) is 4.01. The van der Waals surface area contributed by atoms with Crippen LogP contribution in [0.15, 0.2) is 107 Å². The smallest absolute Gasteiger partial charge is 0.250 e. The Morgan fingerprint density at radius 3 is 2.58 bits per heavy atom. The molecule has 1 amide bonds. The minimum atomic E-state index is -0.251. The SMILES string of the molecule is COc1ccccc1/C=N\NC(=O)CSc1nnc(CNc2cccc3ccccc23)n1-c1ccccc1. The average molecular weight is 523 g/mol. The van der Waals surface area contributed by atoms with Crippen LogP contribution in [0.1, 0.15) is 11.4 Å². The number of methoxy groups -OCH3 is 1. The van der Waals surface area contributed by atoms with E-state index in [4.69, 9.17) is 4.74 Å². The summed E-state index contributed by atoms with van der Waals surface area (Å²) in [4.78, 5) is 12.5. The molecule has 0 atom stereocenters. The lowest BCUT2D eigenvalue weighted by Gasteiger charge is -2.12. The number of benzene rings is 4. The van der Waals surface area contributed by atoms with Crippen LogP contribution >= 0.6 is 11.8 Å². The fraction of sp³-hybridized carbons (Fsp3) is 0.103. The van der Waals surface area contributed by atoms with Crippen molar-refractivity contribution in [1.82, 2.24) is 20.2 Å². The highest BCUT2D eigenvalue weighted by molar-refractivity contribution is 7.99. The molecule has 2 N–H and O–H groups in total. The van der Waals surface area contributed by atoms with E-state index < -0.39 is 0 Å². The first-order chi connectivity index (χ1) is 18.7. The third kappa shape index (κ3) is 5.84. The number of hydrogen-bond donors (Lipinski definition) is 2. The van der Waals surface area contributed by atoms with Gasteiger partial charge in [0.1, 0.15) is 5.75 Å². The van der Waals surface area contributed by atoms with Gasteiger partial charge in [-0.05, 0) is 35.7 Å². The van der Waals surface area contributed by atoms with Gasteiger partial charge in [-0.3, -0.25) is 9.36 Å². The number of hydrazone groups is 1. The minimum Gasteiger partial charge on any atom is -0.496 e. The molecule has 0 unspecified atom stereocenters. The molecule has 0 fully saturated rings. The van der Waals surface area contributed by atoms with Crippen molar-refractivity contribution >= 4 is 40.3 Å². The standard InChI is InChI=1S/C29H26N6O2S/c1-37-26-17-8-6-11-22(26)18-31-33-28(36)20-38-29-34-32-27(35(29)23-13-3-2-4-14-23)19-30-25-16-9-12-21-10-5-7-15-24(21)25/h2-18,30H,19-20H2,1H3,(H,33,36)/b31-18-. The van der Waals surface area contributed by atoms with Gasteiger partial charge in [-0.2, -0.15) is 5.10 Å². The number of carbonyl (C=O) groups excluding carboxylic acids is 1. The van der Waals surface area contributed by atoms with Crippen LogP contribution in [0.25, 0.3) is 16.5 Å². The van der Waals surface area contributed by atoms with E-state index in [1.54, 1.807) is 13.3 Å². The van der Waals surface area contributed by atoms with Crippen molar-refractivity contribution in [2.75, 3.05) is 18.2 Å². The monoisotopic (exact) mass is 522 g/mol. The van der Waals surface area contributed by atoms with Crippen LogP contribution in [0.5, 0.6) is 5.75 Å². The fourth-order valence-corrected chi connectivity index (χ4v) is 4.77. The molecule has 1 heterocycles. The summed E-state index contributed by atoms with van der Waals surface area (Å²) in [5.41, 5.74) is 5.28. The van der Waals surface area contributed by atoms with Crippen molar-refractivity contribution in [3.05, 3.63) is 108 Å². The molecule has 0 saturated heterocycles. The molecule has 0 saturated carbocycles. The summed E-state index contributed by atoms with van der Waals surface area (Å²) >= 11 is 1.30. The first kappa shape index (κ1) is 25.0. The number of fused-ring (bicyclic) bond motifs is 1. The molecule has 190 valence electrons. The molecule has 4 aromatic carbocycles. The largest absolute Gasteiger partial charge is 0.496 e. The summed E-state index contributed by atoms with van der Waals surface area (Å²) in [7, 11) is 1.59. The Kier molecular flexibility index (Phi) is 7.95. The number of thioether (sulfide) groups is 1. The highest BCUT2D eigenvalue weighted by atomic mass is 32.2. The van der Waals surface area contributed by atoms with Gasteiger partial charge in [0.2, 0.25) is 0 Å². The van der Waals surface area contributed by atoms with Crippen molar-refractivity contribution in [1.29, 1.82) is 0 Å². The average Bonchev–Trinajstić information content (AvgIpc) is 3.38. The third-order valence-corrected chi connectivity index (χ3v) is 6.73. The van der Waals surface area contributed by atoms with E-state index in [-0.39, 0.29) is 11.7 Å². The van der Waals surface area contributed by atoms with Crippen molar-refractivity contribution in [3.8, 4) is 11.4 Å². The Hall–Kier alpha value is -4.63. The number of nitrogens with zero attached hydrogens (tertiary/aromatic N) is 4. The van der Waals surface area contributed by atoms with Gasteiger partial charge in [0.05, 0.1) is 25.6 Å². The quantitative estimate of drug-likeness (QED) is 0.147. The van der Waals surface area contributed by atoms with E-state index in [1.165, 1.54) is 11.8 Å². The molecule has 0 aliphatic heterocycles. The van der Waals surface area contributed by atoms with E-state index in [9.17, 15) is 4.79 Å². The van der Waals surface area contributed by atoms with Gasteiger partial charge in [0.15, 0.2) is 11.0 Å². The third-order valence-electron chi connectivity index (χ3n) is 5.81. The van der Waals surface area contributed by atoms with Crippen LogP contribution in [-0.2, 0) is 11.3 Å². The van der Waals surface area contributed by atoms with E-state index in [0.29, 0.717) is 17.5 Å². The van der Waals surface area contributed by atoms with E-state index >= 15 is 0 Å². The van der Waals surface area contributed by atoms with Crippen LogP contribution in [0, 0.1) is 0 Å². The number of anilines is 1. The Balaban J connectivity index is 1.29. The van der Waals surface area contributed by atoms with E-state index in [1.807, 2.05) is 77.4 Å². The van der Waals surface area contributed by atoms with Gasteiger partial charge in [-0.25, -0.2) is 5.43 Å². The van der Waals surface area contributed by atoms with Crippen molar-refractivity contribution in [2.45, 2.75) is 11.7 Å². The molecule has 0 spiro atoms. The van der Waals surface area contributed by atoms with E-state index in [2.05, 4.69) is 50.3 Å². The van der Waals surface area contributed by atoms with Crippen LogP contribution in [-0.4, -0.2) is 39.7 Å². The molecular formula is C29H26N6O2S. The Labute approximate surface area is 224 Å². The number of rotatable bonds is 10. The van der Waals surface area contributed by atoms with Crippen molar-refractivity contribution < 1.29 is 9.53 Å². The number of nitrogens with one attached hydrogen (secondary N) is 2. The van der Waals surface area contributed by atoms with Crippen molar-refractivity contribution in [2.24, 2.45) is 5.10 Å². The van der Waals surface area contributed by atoms with Gasteiger partial charge in [0.25, 0.3) is 5.91 Å². The highest BCUT2D eigenvalue weighted by Gasteiger charge is 2.16. The van der Waals surface area contributed by atoms with Gasteiger partial charge in [-0.1, -0.05) is 78.5 Å². The van der Waals surface area contributed by atoms with Crippen LogP contribution in [0.3, 0.4) is 0 Å². The second-order valence-electron chi connectivity index (χ2n) is 8.27. The predicted molar refractivity (Wildman–Crippen MR) is 152 cm³/mol. The highest BCUT2D eigenvalue weighted by Crippen LogP contribution is 2.25. The zero-order chi connectivity index (χ0) is 26.2. The first-order valence-electron chi connectivity index (χ1n) is 12.0. The predicted octanol–water partition coefficient (Wildman–Crippen LogP) is 5.28. The second-order valence-corrected chi connectivity index (χ2v) is 9.22. The van der Waals surface area contributed by atoms with Gasteiger partial charge in [0, 0.05) is 22.3 Å². The molecule has 1 aromatic heterocycles. The number of carbonyl (C=O) groups is 1. The summed E-state index contributed by atoms with van der Waals surface area (Å²) in [5, 5.41) is 19.3. The lowest BCUT2D eigenvalue weighted by atomic mass is 10.1. The molecule has 9 heteroatoms. The number of hydrogen-bond acceptors (Lipinski definition) is 7. The minimum absolute atomic E-state index is 0.130. The molecule has 0 bridgehead atoms. The van der Waals surface area contributed by atoms with Crippen LogP contribution in [0.4, 0.5) is 5.69 Å². The van der Waals surface area contributed by atoms with Gasteiger partial charge < -0.3 is 10.1 Å². The number of aromatic nitrogens is 3. The summed E-state index contributed by atoms with van der Waals surface area (Å²) in [5.74, 6) is 1.30. The first-order valence-corrected chi connectivity index (χ1v) is 13.0. The normalized spacial score (nSPS) is 11.1. The molecule has 8 nitrogen and oxygen atoms in total. The zero-order valence-electron chi connectivity index (χ0n) is 20.7. The van der Waals surface area contributed by atoms with Crippen LogP contribution in [0.2, 0.25) is 0 Å². The van der Waals surface area contributed by atoms with Gasteiger partial charge >= 0.3 is 0 Å². The topological polar surface area (TPSA) is 93.4 Å². The molecule has 38 heavy (non-hydrogen) atoms. The summed E-state index contributed by atoms with van der Waals surface area (Å²) < 4.78 is 7.27. The number of amides is 1.